The van der Waals surface area contributed by atoms with E-state index in [0.29, 0.717) is 18.2 Å². The highest BCUT2D eigenvalue weighted by Crippen LogP contribution is 2.35. The molecule has 0 saturated heterocycles. The number of benzene rings is 1. The van der Waals surface area contributed by atoms with Crippen molar-refractivity contribution in [1.82, 2.24) is 4.98 Å². The van der Waals surface area contributed by atoms with Crippen LogP contribution in [0.15, 0.2) is 29.6 Å². The van der Waals surface area contributed by atoms with Gasteiger partial charge in [-0.1, -0.05) is 40.0 Å². The topological polar surface area (TPSA) is 33.2 Å². The molecule has 1 fully saturated rings. The number of hydrogen-bond donors (Lipinski definition) is 0. The Morgan fingerprint density at radius 1 is 1.19 bits per heavy atom. The Bertz CT molecular complexity index is 742. The summed E-state index contributed by atoms with van der Waals surface area (Å²) in [5.74, 6) is 0.279. The minimum atomic E-state index is -0.517. The van der Waals surface area contributed by atoms with Crippen molar-refractivity contribution in [1.29, 1.82) is 0 Å². The van der Waals surface area contributed by atoms with Gasteiger partial charge in [0.1, 0.15) is 5.82 Å². The van der Waals surface area contributed by atoms with E-state index in [1.807, 2.05) is 20.8 Å². The average Bonchev–Trinajstić information content (AvgIpc) is 3.09. The van der Waals surface area contributed by atoms with Crippen LogP contribution in [0.25, 0.3) is 0 Å². The molecular formula is C21H27FN2OS. The molecule has 1 heterocycles. The monoisotopic (exact) mass is 374 g/mol. The summed E-state index contributed by atoms with van der Waals surface area (Å²) in [5.41, 5.74) is 1.10. The lowest BCUT2D eigenvalue weighted by Gasteiger charge is -2.29. The van der Waals surface area contributed by atoms with Gasteiger partial charge in [-0.05, 0) is 37.1 Å². The summed E-state index contributed by atoms with van der Waals surface area (Å²) in [6.45, 7) is 6.13. The number of nitrogens with zero attached hydrogens (tertiary/aromatic N) is 2. The van der Waals surface area contributed by atoms with Gasteiger partial charge >= 0.3 is 0 Å². The molecule has 1 aromatic heterocycles. The van der Waals surface area contributed by atoms with E-state index >= 15 is 0 Å². The maximum Gasteiger partial charge on any atom is 0.232 e. The molecule has 1 saturated carbocycles. The molecule has 2 aromatic rings. The van der Waals surface area contributed by atoms with E-state index in [1.165, 1.54) is 49.2 Å². The molecule has 1 amide bonds. The van der Waals surface area contributed by atoms with Gasteiger partial charge in [-0.15, -0.1) is 11.3 Å². The van der Waals surface area contributed by atoms with Crippen molar-refractivity contribution in [2.75, 3.05) is 4.90 Å². The smallest absolute Gasteiger partial charge is 0.232 e. The predicted octanol–water partition coefficient (Wildman–Crippen LogP) is 5.91. The van der Waals surface area contributed by atoms with Crippen molar-refractivity contribution in [3.63, 3.8) is 0 Å². The third kappa shape index (κ3) is 4.50. The summed E-state index contributed by atoms with van der Waals surface area (Å²) in [6, 6.07) is 6.11. The Morgan fingerprint density at radius 3 is 2.46 bits per heavy atom. The number of thiazole rings is 1. The summed E-state index contributed by atoms with van der Waals surface area (Å²) >= 11 is 1.71. The number of halogens is 1. The lowest BCUT2D eigenvalue weighted by Crippen LogP contribution is -2.39. The van der Waals surface area contributed by atoms with Gasteiger partial charge in [0.15, 0.2) is 0 Å². The molecule has 3 nitrogen and oxygen atoms in total. The van der Waals surface area contributed by atoms with Crippen molar-refractivity contribution >= 4 is 22.9 Å². The second-order valence-electron chi connectivity index (χ2n) is 8.13. The molecule has 0 radical (unpaired) electrons. The van der Waals surface area contributed by atoms with Gasteiger partial charge in [0.05, 0.1) is 17.2 Å². The van der Waals surface area contributed by atoms with Crippen molar-refractivity contribution in [2.24, 2.45) is 5.41 Å². The maximum atomic E-state index is 13.3. The predicted molar refractivity (Wildman–Crippen MR) is 105 cm³/mol. The zero-order valence-electron chi connectivity index (χ0n) is 15.8. The normalized spacial score (nSPS) is 15.8. The minimum Gasteiger partial charge on any atom is -0.306 e. The van der Waals surface area contributed by atoms with Crippen LogP contribution >= 0.6 is 11.3 Å². The number of hydrogen-bond acceptors (Lipinski definition) is 3. The van der Waals surface area contributed by atoms with Crippen LogP contribution in [0.2, 0.25) is 0 Å². The molecule has 0 bridgehead atoms. The average molecular weight is 375 g/mol. The Morgan fingerprint density at radius 2 is 1.85 bits per heavy atom. The van der Waals surface area contributed by atoms with Gasteiger partial charge < -0.3 is 4.90 Å². The second kappa shape index (κ2) is 7.87. The Hall–Kier alpha value is -1.75. The first-order chi connectivity index (χ1) is 12.3. The number of anilines is 1. The van der Waals surface area contributed by atoms with E-state index in [2.05, 4.69) is 5.38 Å². The first kappa shape index (κ1) is 19.0. The van der Waals surface area contributed by atoms with Crippen LogP contribution < -0.4 is 4.90 Å². The molecule has 0 unspecified atom stereocenters. The van der Waals surface area contributed by atoms with Crippen LogP contribution in [-0.4, -0.2) is 10.9 Å². The zero-order valence-corrected chi connectivity index (χ0v) is 16.6. The molecule has 26 heavy (non-hydrogen) atoms. The van der Waals surface area contributed by atoms with E-state index in [-0.39, 0.29) is 11.7 Å². The van der Waals surface area contributed by atoms with Gasteiger partial charge in [-0.2, -0.15) is 0 Å². The van der Waals surface area contributed by atoms with Gasteiger partial charge in [-0.25, -0.2) is 9.37 Å². The number of rotatable bonds is 4. The Kier molecular flexibility index (Phi) is 5.76. The molecule has 3 rings (SSSR count). The van der Waals surface area contributed by atoms with E-state index < -0.39 is 5.41 Å². The van der Waals surface area contributed by atoms with Crippen molar-refractivity contribution in [3.05, 3.63) is 46.2 Å². The van der Waals surface area contributed by atoms with Crippen LogP contribution in [0.4, 0.5) is 10.1 Å². The molecule has 1 aliphatic rings. The molecule has 5 heteroatoms. The highest BCUT2D eigenvalue weighted by Gasteiger charge is 2.29. The van der Waals surface area contributed by atoms with Crippen molar-refractivity contribution in [2.45, 2.75) is 65.3 Å². The van der Waals surface area contributed by atoms with E-state index in [1.54, 1.807) is 28.4 Å². The zero-order chi connectivity index (χ0) is 18.7. The summed E-state index contributed by atoms with van der Waals surface area (Å²) in [5, 5.41) is 3.26. The minimum absolute atomic E-state index is 0.0105. The second-order valence-corrected chi connectivity index (χ2v) is 9.02. The maximum absolute atomic E-state index is 13.3. The number of amides is 1. The lowest BCUT2D eigenvalue weighted by atomic mass is 9.90. The van der Waals surface area contributed by atoms with Gasteiger partial charge in [0.2, 0.25) is 5.91 Å². The molecule has 0 N–H and O–H groups in total. The number of carbonyl (C=O) groups excluding carboxylic acids is 1. The number of aromatic nitrogens is 1. The molecule has 0 aliphatic heterocycles. The Labute approximate surface area is 159 Å². The first-order valence-corrected chi connectivity index (χ1v) is 10.2. The van der Waals surface area contributed by atoms with Crippen LogP contribution in [-0.2, 0) is 11.3 Å². The fourth-order valence-corrected chi connectivity index (χ4v) is 4.38. The molecule has 140 valence electrons. The molecule has 1 aliphatic carbocycles. The molecule has 0 spiro atoms. The molecule has 1 aromatic carbocycles. The molecular weight excluding hydrogens is 347 g/mol. The van der Waals surface area contributed by atoms with Gasteiger partial charge in [0, 0.05) is 22.4 Å². The van der Waals surface area contributed by atoms with Crippen molar-refractivity contribution < 1.29 is 9.18 Å². The fourth-order valence-electron chi connectivity index (χ4n) is 3.40. The van der Waals surface area contributed by atoms with E-state index in [4.69, 9.17) is 4.98 Å². The van der Waals surface area contributed by atoms with Crippen LogP contribution in [0.5, 0.6) is 0 Å². The van der Waals surface area contributed by atoms with Gasteiger partial charge in [0.25, 0.3) is 0 Å². The first-order valence-electron chi connectivity index (χ1n) is 9.36. The third-order valence-electron chi connectivity index (χ3n) is 4.87. The van der Waals surface area contributed by atoms with Crippen molar-refractivity contribution in [3.8, 4) is 0 Å². The summed E-state index contributed by atoms with van der Waals surface area (Å²) in [7, 11) is 0. The fraction of sp³-hybridized carbons (Fsp3) is 0.524. The lowest BCUT2D eigenvalue weighted by molar-refractivity contribution is -0.125. The summed E-state index contributed by atoms with van der Waals surface area (Å²) in [6.07, 6.45) is 6.33. The van der Waals surface area contributed by atoms with Crippen LogP contribution in [0.1, 0.15) is 69.5 Å². The Balaban J connectivity index is 1.82. The van der Waals surface area contributed by atoms with Crippen LogP contribution in [0, 0.1) is 11.2 Å². The van der Waals surface area contributed by atoms with Crippen LogP contribution in [0.3, 0.4) is 0 Å². The standard InChI is InChI=1S/C21H27FN2OS/c1-21(2,3)20(25)24(18-11-9-16(22)10-12-18)13-17-14-26-19(23-17)15-7-5-4-6-8-15/h9-12,14-15H,4-8,13H2,1-3H3. The van der Waals surface area contributed by atoms with E-state index in [0.717, 1.165) is 5.69 Å². The molecule has 0 atom stereocenters. The van der Waals surface area contributed by atoms with E-state index in [9.17, 15) is 9.18 Å². The largest absolute Gasteiger partial charge is 0.306 e. The number of carbonyl (C=O) groups is 1. The summed E-state index contributed by atoms with van der Waals surface area (Å²) in [4.78, 5) is 19.5. The SMILES string of the molecule is CC(C)(C)C(=O)N(Cc1csc(C2CCCCC2)n1)c1ccc(F)cc1. The van der Waals surface area contributed by atoms with Gasteiger partial charge in [-0.3, -0.25) is 4.79 Å². The quantitative estimate of drug-likeness (QED) is 0.666. The highest BCUT2D eigenvalue weighted by atomic mass is 32.1. The third-order valence-corrected chi connectivity index (χ3v) is 5.93. The summed E-state index contributed by atoms with van der Waals surface area (Å²) < 4.78 is 13.3. The highest BCUT2D eigenvalue weighted by molar-refractivity contribution is 7.09.